The van der Waals surface area contributed by atoms with Crippen LogP contribution in [0.1, 0.15) is 20.8 Å². The summed E-state index contributed by atoms with van der Waals surface area (Å²) in [6.07, 6.45) is -0.801. The van der Waals surface area contributed by atoms with E-state index in [-0.39, 0.29) is 28.9 Å². The Bertz CT molecular complexity index is 435. The molecule has 0 fully saturated rings. The summed E-state index contributed by atoms with van der Waals surface area (Å²) in [5, 5.41) is 12.3. The first-order chi connectivity index (χ1) is 8.69. The number of nitrogens with one attached hydrogen (secondary N) is 1. The lowest BCUT2D eigenvalue weighted by molar-refractivity contribution is -0.0449. The number of ether oxygens (including phenoxy) is 1. The van der Waals surface area contributed by atoms with Gasteiger partial charge in [0.05, 0.1) is 28.5 Å². The molecule has 0 aromatic heterocycles. The van der Waals surface area contributed by atoms with Crippen LogP contribution >= 0.6 is 15.9 Å². The SMILES string of the molecule is CC(C)(C)OCC(O)CNc1cc(F)c(Br)cc1F. The molecule has 3 nitrogen and oxygen atoms in total. The zero-order valence-electron chi connectivity index (χ0n) is 11.1. The third kappa shape index (κ3) is 5.84. The largest absolute Gasteiger partial charge is 0.389 e. The van der Waals surface area contributed by atoms with Gasteiger partial charge in [0.1, 0.15) is 11.6 Å². The third-order valence-corrected chi connectivity index (χ3v) is 2.85. The number of anilines is 1. The van der Waals surface area contributed by atoms with Gasteiger partial charge < -0.3 is 15.2 Å². The van der Waals surface area contributed by atoms with Crippen molar-refractivity contribution in [3.05, 3.63) is 28.2 Å². The van der Waals surface area contributed by atoms with Crippen molar-refractivity contribution in [2.45, 2.75) is 32.5 Å². The molecule has 0 aliphatic heterocycles. The van der Waals surface area contributed by atoms with Crippen molar-refractivity contribution in [2.75, 3.05) is 18.5 Å². The van der Waals surface area contributed by atoms with Gasteiger partial charge in [-0.05, 0) is 42.8 Å². The fraction of sp³-hybridized carbons (Fsp3) is 0.538. The molecule has 108 valence electrons. The summed E-state index contributed by atoms with van der Waals surface area (Å²) in [5.74, 6) is -1.15. The smallest absolute Gasteiger partial charge is 0.147 e. The molecule has 0 aliphatic rings. The minimum Gasteiger partial charge on any atom is -0.389 e. The molecule has 1 atom stereocenters. The van der Waals surface area contributed by atoms with Gasteiger partial charge >= 0.3 is 0 Å². The molecule has 6 heteroatoms. The lowest BCUT2D eigenvalue weighted by atomic mass is 10.2. The van der Waals surface area contributed by atoms with Crippen LogP contribution in [0.2, 0.25) is 0 Å². The Morgan fingerprint density at radius 3 is 2.53 bits per heavy atom. The van der Waals surface area contributed by atoms with Gasteiger partial charge in [-0.25, -0.2) is 8.78 Å². The fourth-order valence-electron chi connectivity index (χ4n) is 1.29. The molecule has 19 heavy (non-hydrogen) atoms. The molecule has 0 radical (unpaired) electrons. The number of aliphatic hydroxyl groups is 1. The monoisotopic (exact) mass is 337 g/mol. The van der Waals surface area contributed by atoms with E-state index in [0.717, 1.165) is 12.1 Å². The molecule has 0 spiro atoms. The van der Waals surface area contributed by atoms with E-state index >= 15 is 0 Å². The van der Waals surface area contributed by atoms with E-state index < -0.39 is 17.7 Å². The lowest BCUT2D eigenvalue weighted by Crippen LogP contribution is -2.30. The second-order valence-electron chi connectivity index (χ2n) is 5.20. The van der Waals surface area contributed by atoms with Crippen LogP contribution in [0.4, 0.5) is 14.5 Å². The number of benzene rings is 1. The quantitative estimate of drug-likeness (QED) is 0.810. The summed E-state index contributed by atoms with van der Waals surface area (Å²) in [4.78, 5) is 0. The average Bonchev–Trinajstić information content (AvgIpc) is 2.28. The van der Waals surface area contributed by atoms with Crippen LogP contribution in [-0.4, -0.2) is 30.0 Å². The fourth-order valence-corrected chi connectivity index (χ4v) is 1.61. The van der Waals surface area contributed by atoms with Crippen molar-refractivity contribution in [3.63, 3.8) is 0 Å². The number of hydrogen-bond donors (Lipinski definition) is 2. The minimum atomic E-state index is -0.801. The highest BCUT2D eigenvalue weighted by molar-refractivity contribution is 9.10. The normalized spacial score (nSPS) is 13.4. The topological polar surface area (TPSA) is 41.5 Å². The maximum absolute atomic E-state index is 13.5. The molecule has 0 saturated carbocycles. The van der Waals surface area contributed by atoms with Crippen LogP contribution in [0, 0.1) is 11.6 Å². The van der Waals surface area contributed by atoms with Crippen molar-refractivity contribution in [2.24, 2.45) is 0 Å². The zero-order chi connectivity index (χ0) is 14.6. The van der Waals surface area contributed by atoms with Crippen LogP contribution in [0.25, 0.3) is 0 Å². The Hall–Kier alpha value is -0.720. The van der Waals surface area contributed by atoms with E-state index in [2.05, 4.69) is 21.2 Å². The van der Waals surface area contributed by atoms with E-state index in [1.807, 2.05) is 20.8 Å². The van der Waals surface area contributed by atoms with Crippen molar-refractivity contribution < 1.29 is 18.6 Å². The highest BCUT2D eigenvalue weighted by Crippen LogP contribution is 2.23. The third-order valence-electron chi connectivity index (χ3n) is 2.25. The van der Waals surface area contributed by atoms with Gasteiger partial charge in [-0.15, -0.1) is 0 Å². The molecule has 1 unspecified atom stereocenters. The molecular formula is C13H18BrF2NO2. The summed E-state index contributed by atoms with van der Waals surface area (Å²) in [6, 6.07) is 2.08. The van der Waals surface area contributed by atoms with E-state index in [0.29, 0.717) is 0 Å². The van der Waals surface area contributed by atoms with Gasteiger partial charge in [-0.3, -0.25) is 0 Å². The van der Waals surface area contributed by atoms with Crippen molar-refractivity contribution in [1.82, 2.24) is 0 Å². The molecule has 1 rings (SSSR count). The van der Waals surface area contributed by atoms with E-state index in [4.69, 9.17) is 4.74 Å². The molecule has 0 bridgehead atoms. The van der Waals surface area contributed by atoms with Gasteiger partial charge in [0.25, 0.3) is 0 Å². The first-order valence-corrected chi connectivity index (χ1v) is 6.69. The molecule has 0 heterocycles. The molecule has 1 aromatic carbocycles. The second-order valence-corrected chi connectivity index (χ2v) is 6.06. The van der Waals surface area contributed by atoms with Gasteiger partial charge in [0, 0.05) is 12.6 Å². The summed E-state index contributed by atoms with van der Waals surface area (Å²) in [7, 11) is 0. The van der Waals surface area contributed by atoms with Crippen LogP contribution in [0.15, 0.2) is 16.6 Å². The van der Waals surface area contributed by atoms with Crippen LogP contribution in [-0.2, 0) is 4.74 Å². The Balaban J connectivity index is 2.51. The standard InChI is InChI=1S/C13H18BrF2NO2/c1-13(2,3)19-7-8(18)6-17-12-5-10(15)9(14)4-11(12)16/h4-5,8,17-18H,6-7H2,1-3H3. The number of rotatable bonds is 5. The van der Waals surface area contributed by atoms with E-state index in [9.17, 15) is 13.9 Å². The Labute approximate surface area is 120 Å². The Morgan fingerprint density at radius 1 is 1.32 bits per heavy atom. The summed E-state index contributed by atoms with van der Waals surface area (Å²) in [5.41, 5.74) is -0.342. The van der Waals surface area contributed by atoms with Gasteiger partial charge in [0.2, 0.25) is 0 Å². The maximum Gasteiger partial charge on any atom is 0.147 e. The van der Waals surface area contributed by atoms with Crippen molar-refractivity contribution in [1.29, 1.82) is 0 Å². The van der Waals surface area contributed by atoms with Crippen LogP contribution < -0.4 is 5.32 Å². The van der Waals surface area contributed by atoms with E-state index in [1.165, 1.54) is 0 Å². The van der Waals surface area contributed by atoms with E-state index in [1.54, 1.807) is 0 Å². The van der Waals surface area contributed by atoms with Gasteiger partial charge in [-0.1, -0.05) is 0 Å². The van der Waals surface area contributed by atoms with Crippen molar-refractivity contribution >= 4 is 21.6 Å². The molecule has 0 amide bonds. The molecule has 0 aliphatic carbocycles. The van der Waals surface area contributed by atoms with Gasteiger partial charge in [0.15, 0.2) is 0 Å². The predicted molar refractivity (Wildman–Crippen MR) is 74.3 cm³/mol. The highest BCUT2D eigenvalue weighted by atomic mass is 79.9. The second kappa shape index (κ2) is 6.63. The molecular weight excluding hydrogens is 320 g/mol. The summed E-state index contributed by atoms with van der Waals surface area (Å²) >= 11 is 2.89. The minimum absolute atomic E-state index is 0.00973. The van der Waals surface area contributed by atoms with Gasteiger partial charge in [-0.2, -0.15) is 0 Å². The number of hydrogen-bond acceptors (Lipinski definition) is 3. The summed E-state index contributed by atoms with van der Waals surface area (Å²) in [6.45, 7) is 5.82. The van der Waals surface area contributed by atoms with Crippen LogP contribution in [0.3, 0.4) is 0 Å². The first kappa shape index (κ1) is 16.3. The van der Waals surface area contributed by atoms with Crippen LogP contribution in [0.5, 0.6) is 0 Å². The zero-order valence-corrected chi connectivity index (χ0v) is 12.7. The Morgan fingerprint density at radius 2 is 1.95 bits per heavy atom. The predicted octanol–water partition coefficient (Wildman–Crippen LogP) is 3.32. The number of aliphatic hydroxyl groups excluding tert-OH is 1. The average molecular weight is 338 g/mol. The molecule has 0 saturated heterocycles. The Kier molecular flexibility index (Phi) is 5.70. The summed E-state index contributed by atoms with van der Waals surface area (Å²) < 4.78 is 32.2. The molecule has 1 aromatic rings. The number of halogens is 3. The highest BCUT2D eigenvalue weighted by Gasteiger charge is 2.14. The molecule has 2 N–H and O–H groups in total. The maximum atomic E-state index is 13.5. The first-order valence-electron chi connectivity index (χ1n) is 5.89. The van der Waals surface area contributed by atoms with Crippen molar-refractivity contribution in [3.8, 4) is 0 Å². The lowest BCUT2D eigenvalue weighted by Gasteiger charge is -2.22.